The minimum Gasteiger partial charge on any atom is -0.484 e. The molecule has 0 aliphatic carbocycles. The van der Waals surface area contributed by atoms with Crippen LogP contribution in [0.25, 0.3) is 0 Å². The highest BCUT2D eigenvalue weighted by Crippen LogP contribution is 2.25. The average molecular weight is 473 g/mol. The lowest BCUT2D eigenvalue weighted by molar-refractivity contribution is 0.0594. The Morgan fingerprint density at radius 3 is 2.63 bits per heavy atom. The first-order chi connectivity index (χ1) is 14.5. The third-order valence-electron chi connectivity index (χ3n) is 5.25. The second kappa shape index (κ2) is 9.06. The molecule has 4 rings (SSSR count). The van der Waals surface area contributed by atoms with Gasteiger partial charge in [-0.3, -0.25) is 14.4 Å². The number of carbonyl (C=O) groups is 1. The number of benzene rings is 1. The Balaban J connectivity index is 1.29. The average Bonchev–Trinajstić information content (AvgIpc) is 3.33. The molecule has 3 aromatic rings. The fourth-order valence-electron chi connectivity index (χ4n) is 3.59. The van der Waals surface area contributed by atoms with Crippen molar-refractivity contribution in [2.45, 2.75) is 20.1 Å². The zero-order valence-corrected chi connectivity index (χ0v) is 18.8. The number of furan rings is 1. The van der Waals surface area contributed by atoms with Crippen molar-refractivity contribution in [1.82, 2.24) is 19.6 Å². The minimum atomic E-state index is -0.0700. The molecule has 8 heteroatoms. The van der Waals surface area contributed by atoms with E-state index in [0.717, 1.165) is 35.6 Å². The Bertz CT molecular complexity index is 1020. The van der Waals surface area contributed by atoms with Crippen LogP contribution in [0.2, 0.25) is 0 Å². The quantitative estimate of drug-likeness (QED) is 0.548. The predicted molar refractivity (Wildman–Crippen MR) is 116 cm³/mol. The second-order valence-electron chi connectivity index (χ2n) is 7.47. The highest BCUT2D eigenvalue weighted by atomic mass is 79.9. The summed E-state index contributed by atoms with van der Waals surface area (Å²) in [5.41, 5.74) is 2.29. The second-order valence-corrected chi connectivity index (χ2v) is 8.32. The van der Waals surface area contributed by atoms with Crippen LogP contribution < -0.4 is 4.74 Å². The number of carbonyl (C=O) groups excluding carboxylic acids is 1. The summed E-state index contributed by atoms with van der Waals surface area (Å²) in [5, 5.41) is 4.40. The van der Waals surface area contributed by atoms with Crippen molar-refractivity contribution in [2.75, 3.05) is 26.2 Å². The SMILES string of the molecule is Cc1nn(C)cc1CN1CCN(C(=O)c2ccc(COc3ccccc3Br)o2)CC1. The molecule has 7 nitrogen and oxygen atoms in total. The maximum absolute atomic E-state index is 12.8. The topological polar surface area (TPSA) is 63.7 Å². The molecule has 1 aromatic carbocycles. The maximum Gasteiger partial charge on any atom is 0.289 e. The van der Waals surface area contributed by atoms with E-state index in [0.29, 0.717) is 24.6 Å². The molecule has 1 aliphatic heterocycles. The molecule has 1 amide bonds. The van der Waals surface area contributed by atoms with Crippen molar-refractivity contribution in [2.24, 2.45) is 7.05 Å². The number of rotatable bonds is 6. The summed E-state index contributed by atoms with van der Waals surface area (Å²) in [6.45, 7) is 6.19. The van der Waals surface area contributed by atoms with Crippen LogP contribution in [0.4, 0.5) is 0 Å². The predicted octanol–water partition coefficient (Wildman–Crippen LogP) is 3.62. The van der Waals surface area contributed by atoms with Crippen LogP contribution in [0.5, 0.6) is 5.75 Å². The van der Waals surface area contributed by atoms with Crippen LogP contribution in [0.3, 0.4) is 0 Å². The Kier molecular flexibility index (Phi) is 6.24. The van der Waals surface area contributed by atoms with Crippen LogP contribution in [-0.4, -0.2) is 51.7 Å². The highest BCUT2D eigenvalue weighted by Gasteiger charge is 2.25. The molecule has 30 heavy (non-hydrogen) atoms. The zero-order valence-electron chi connectivity index (χ0n) is 17.2. The summed E-state index contributed by atoms with van der Waals surface area (Å²) >= 11 is 3.46. The van der Waals surface area contributed by atoms with Gasteiger partial charge in [-0.15, -0.1) is 0 Å². The van der Waals surface area contributed by atoms with Crippen LogP contribution in [0, 0.1) is 6.92 Å². The molecule has 0 N–H and O–H groups in total. The van der Waals surface area contributed by atoms with Gasteiger partial charge in [0.2, 0.25) is 0 Å². The number of halogens is 1. The van der Waals surface area contributed by atoms with Gasteiger partial charge in [-0.1, -0.05) is 12.1 Å². The van der Waals surface area contributed by atoms with Crippen molar-refractivity contribution in [3.05, 3.63) is 69.8 Å². The normalized spacial score (nSPS) is 14.8. The summed E-state index contributed by atoms with van der Waals surface area (Å²) in [6.07, 6.45) is 2.06. The van der Waals surface area contributed by atoms with Gasteiger partial charge in [0.15, 0.2) is 5.76 Å². The Hall–Kier alpha value is -2.58. The molecular weight excluding hydrogens is 448 g/mol. The van der Waals surface area contributed by atoms with E-state index < -0.39 is 0 Å². The van der Waals surface area contributed by atoms with Gasteiger partial charge in [0, 0.05) is 51.5 Å². The fraction of sp³-hybridized carbons (Fsp3) is 0.364. The van der Waals surface area contributed by atoms with Gasteiger partial charge in [0.25, 0.3) is 5.91 Å². The molecule has 0 atom stereocenters. The molecule has 0 saturated carbocycles. The molecule has 3 heterocycles. The first-order valence-corrected chi connectivity index (χ1v) is 10.8. The molecular formula is C22H25BrN4O3. The number of ether oxygens (including phenoxy) is 1. The van der Waals surface area contributed by atoms with Gasteiger partial charge < -0.3 is 14.1 Å². The van der Waals surface area contributed by atoms with Gasteiger partial charge in [0.05, 0.1) is 10.2 Å². The molecule has 0 radical (unpaired) electrons. The van der Waals surface area contributed by atoms with E-state index in [1.807, 2.05) is 47.8 Å². The molecule has 158 valence electrons. The van der Waals surface area contributed by atoms with E-state index in [2.05, 4.69) is 32.1 Å². The van der Waals surface area contributed by atoms with Gasteiger partial charge in [-0.25, -0.2) is 0 Å². The summed E-state index contributed by atoms with van der Waals surface area (Å²) in [4.78, 5) is 17.0. The number of hydrogen-bond donors (Lipinski definition) is 0. The van der Waals surface area contributed by atoms with Gasteiger partial charge >= 0.3 is 0 Å². The van der Waals surface area contributed by atoms with E-state index in [1.54, 1.807) is 12.1 Å². The maximum atomic E-state index is 12.8. The van der Waals surface area contributed by atoms with Gasteiger partial charge in [0.1, 0.15) is 18.1 Å². The molecule has 0 unspecified atom stereocenters. The van der Waals surface area contributed by atoms with Crippen molar-refractivity contribution in [1.29, 1.82) is 0 Å². The van der Waals surface area contributed by atoms with E-state index in [4.69, 9.17) is 9.15 Å². The number of piperazine rings is 1. The summed E-state index contributed by atoms with van der Waals surface area (Å²) in [6, 6.07) is 11.2. The molecule has 0 spiro atoms. The number of nitrogens with zero attached hydrogens (tertiary/aromatic N) is 4. The molecule has 1 aliphatic rings. The van der Waals surface area contributed by atoms with Crippen LogP contribution in [0.1, 0.15) is 27.6 Å². The lowest BCUT2D eigenvalue weighted by atomic mass is 10.2. The number of amides is 1. The van der Waals surface area contributed by atoms with Crippen molar-refractivity contribution in [3.63, 3.8) is 0 Å². The monoisotopic (exact) mass is 472 g/mol. The number of aromatic nitrogens is 2. The molecule has 2 aromatic heterocycles. The molecule has 0 bridgehead atoms. The number of hydrogen-bond acceptors (Lipinski definition) is 5. The fourth-order valence-corrected chi connectivity index (χ4v) is 3.99. The Morgan fingerprint density at radius 2 is 1.93 bits per heavy atom. The van der Waals surface area contributed by atoms with E-state index in [1.165, 1.54) is 5.56 Å². The number of para-hydroxylation sites is 1. The minimum absolute atomic E-state index is 0.0700. The smallest absolute Gasteiger partial charge is 0.289 e. The lowest BCUT2D eigenvalue weighted by Crippen LogP contribution is -2.48. The first kappa shape index (κ1) is 20.7. The van der Waals surface area contributed by atoms with E-state index in [-0.39, 0.29) is 12.5 Å². The third-order valence-corrected chi connectivity index (χ3v) is 5.90. The standard InChI is InChI=1S/C22H25BrN4O3/c1-16-17(13-25(2)24-16)14-26-9-11-27(12-10-26)22(28)21-8-7-18(30-21)15-29-20-6-4-3-5-19(20)23/h3-8,13H,9-12,14-15H2,1-2H3. The van der Waals surface area contributed by atoms with Crippen molar-refractivity contribution >= 4 is 21.8 Å². The largest absolute Gasteiger partial charge is 0.484 e. The van der Waals surface area contributed by atoms with Crippen LogP contribution in [-0.2, 0) is 20.2 Å². The summed E-state index contributed by atoms with van der Waals surface area (Å²) in [5.74, 6) is 1.65. The lowest BCUT2D eigenvalue weighted by Gasteiger charge is -2.34. The first-order valence-electron chi connectivity index (χ1n) is 9.96. The van der Waals surface area contributed by atoms with Crippen LogP contribution in [0.15, 0.2) is 51.5 Å². The van der Waals surface area contributed by atoms with Gasteiger partial charge in [-0.2, -0.15) is 5.10 Å². The van der Waals surface area contributed by atoms with E-state index in [9.17, 15) is 4.79 Å². The van der Waals surface area contributed by atoms with Crippen molar-refractivity contribution < 1.29 is 13.9 Å². The Morgan fingerprint density at radius 1 is 1.17 bits per heavy atom. The molecule has 1 saturated heterocycles. The van der Waals surface area contributed by atoms with Gasteiger partial charge in [-0.05, 0) is 47.1 Å². The Labute approximate surface area is 184 Å². The number of aryl methyl sites for hydroxylation is 2. The third kappa shape index (κ3) is 4.76. The molecule has 1 fully saturated rings. The zero-order chi connectivity index (χ0) is 21.1. The summed E-state index contributed by atoms with van der Waals surface area (Å²) in [7, 11) is 1.94. The van der Waals surface area contributed by atoms with E-state index >= 15 is 0 Å². The summed E-state index contributed by atoms with van der Waals surface area (Å²) < 4.78 is 14.2. The van der Waals surface area contributed by atoms with Crippen LogP contribution >= 0.6 is 15.9 Å². The highest BCUT2D eigenvalue weighted by molar-refractivity contribution is 9.10. The van der Waals surface area contributed by atoms with Crippen molar-refractivity contribution in [3.8, 4) is 5.75 Å².